The first-order chi connectivity index (χ1) is 12.8. The fourth-order valence-corrected chi connectivity index (χ4v) is 2.84. The molecule has 0 unspecified atom stereocenters. The van der Waals surface area contributed by atoms with Gasteiger partial charge in [0.1, 0.15) is 17.4 Å². The molecule has 3 aromatic rings. The quantitative estimate of drug-likeness (QED) is 0.445. The maximum Gasteiger partial charge on any atom is 0.261 e. The van der Waals surface area contributed by atoms with E-state index in [2.05, 4.69) is 20.9 Å². The largest absolute Gasteiger partial charge is 0.453 e. The molecule has 0 aliphatic heterocycles. The van der Waals surface area contributed by atoms with E-state index in [1.54, 1.807) is 6.07 Å². The standard InChI is InChI=1S/C17H8BrF4N3O2/c18-11-4-12(19)15(22)16(10(11)5-23)27-8-1-2-13-9(3-8)17(26)25(7-24-13)6-14(20)21/h1-4,7,14H,6H2. The number of halogens is 5. The molecule has 0 saturated carbocycles. The normalized spacial score (nSPS) is 11.0. The summed E-state index contributed by atoms with van der Waals surface area (Å²) in [6, 6.07) is 6.32. The Morgan fingerprint density at radius 2 is 2.04 bits per heavy atom. The molecule has 1 aromatic heterocycles. The summed E-state index contributed by atoms with van der Waals surface area (Å²) in [6.45, 7) is -0.836. The molecule has 10 heteroatoms. The minimum Gasteiger partial charge on any atom is -0.453 e. The number of ether oxygens (including phenoxy) is 1. The molecule has 1 heterocycles. The smallest absolute Gasteiger partial charge is 0.261 e. The number of benzene rings is 2. The molecule has 0 amide bonds. The molecule has 0 spiro atoms. The van der Waals surface area contributed by atoms with E-state index in [0.717, 1.165) is 23.0 Å². The van der Waals surface area contributed by atoms with E-state index in [9.17, 15) is 22.4 Å². The molecule has 5 nitrogen and oxygen atoms in total. The summed E-state index contributed by atoms with van der Waals surface area (Å²) in [4.78, 5) is 16.2. The molecule has 0 fully saturated rings. The van der Waals surface area contributed by atoms with E-state index < -0.39 is 35.9 Å². The summed E-state index contributed by atoms with van der Waals surface area (Å²) < 4.78 is 58.8. The first-order valence-corrected chi connectivity index (χ1v) is 8.14. The molecule has 0 aliphatic carbocycles. The number of rotatable bonds is 4. The van der Waals surface area contributed by atoms with Gasteiger partial charge >= 0.3 is 0 Å². The van der Waals surface area contributed by atoms with Crippen molar-refractivity contribution in [2.24, 2.45) is 0 Å². The van der Waals surface area contributed by atoms with Crippen LogP contribution in [0.1, 0.15) is 5.56 Å². The Hall–Kier alpha value is -2.93. The van der Waals surface area contributed by atoms with Gasteiger partial charge in [0.25, 0.3) is 12.0 Å². The number of fused-ring (bicyclic) bond motifs is 1. The summed E-state index contributed by atoms with van der Waals surface area (Å²) in [5, 5.41) is 9.09. The molecule has 3 rings (SSSR count). The van der Waals surface area contributed by atoms with Crippen LogP contribution in [-0.4, -0.2) is 16.0 Å². The van der Waals surface area contributed by atoms with Crippen molar-refractivity contribution >= 4 is 26.8 Å². The molecule has 0 saturated heterocycles. The topological polar surface area (TPSA) is 67.9 Å². The fourth-order valence-electron chi connectivity index (χ4n) is 2.37. The third kappa shape index (κ3) is 3.64. The molecular weight excluding hydrogens is 434 g/mol. The lowest BCUT2D eigenvalue weighted by Crippen LogP contribution is -2.23. The highest BCUT2D eigenvalue weighted by atomic mass is 79.9. The van der Waals surface area contributed by atoms with Crippen LogP contribution in [0.25, 0.3) is 10.9 Å². The van der Waals surface area contributed by atoms with Crippen molar-refractivity contribution in [1.29, 1.82) is 5.26 Å². The SMILES string of the molecule is N#Cc1c(Br)cc(F)c(F)c1Oc1ccc2ncn(CC(F)F)c(=O)c2c1. The zero-order valence-corrected chi connectivity index (χ0v) is 14.8. The Kier molecular flexibility index (Phi) is 5.14. The van der Waals surface area contributed by atoms with Crippen LogP contribution in [0.15, 0.2) is 39.9 Å². The lowest BCUT2D eigenvalue weighted by molar-refractivity contribution is 0.125. The summed E-state index contributed by atoms with van der Waals surface area (Å²) in [7, 11) is 0. The highest BCUT2D eigenvalue weighted by Crippen LogP contribution is 2.35. The molecule has 0 aliphatic rings. The van der Waals surface area contributed by atoms with Gasteiger partial charge in [-0.05, 0) is 40.2 Å². The van der Waals surface area contributed by atoms with Crippen LogP contribution < -0.4 is 10.3 Å². The zero-order chi connectivity index (χ0) is 19.7. The maximum absolute atomic E-state index is 14.1. The van der Waals surface area contributed by atoms with E-state index in [-0.39, 0.29) is 26.7 Å². The van der Waals surface area contributed by atoms with Crippen LogP contribution in [-0.2, 0) is 6.54 Å². The second-order valence-electron chi connectivity index (χ2n) is 5.34. The van der Waals surface area contributed by atoms with Crippen molar-refractivity contribution in [2.75, 3.05) is 0 Å². The lowest BCUT2D eigenvalue weighted by atomic mass is 10.2. The van der Waals surface area contributed by atoms with E-state index in [1.165, 1.54) is 12.1 Å². The van der Waals surface area contributed by atoms with Crippen molar-refractivity contribution in [2.45, 2.75) is 13.0 Å². The highest BCUT2D eigenvalue weighted by Gasteiger charge is 2.20. The summed E-state index contributed by atoms with van der Waals surface area (Å²) in [5.74, 6) is -3.38. The predicted octanol–water partition coefficient (Wildman–Crippen LogP) is 4.37. The summed E-state index contributed by atoms with van der Waals surface area (Å²) >= 11 is 2.95. The predicted molar refractivity (Wildman–Crippen MR) is 90.9 cm³/mol. The molecule has 2 aromatic carbocycles. The maximum atomic E-state index is 14.1. The van der Waals surface area contributed by atoms with Gasteiger partial charge in [-0.15, -0.1) is 0 Å². The molecule has 27 heavy (non-hydrogen) atoms. The monoisotopic (exact) mass is 441 g/mol. The van der Waals surface area contributed by atoms with Crippen molar-refractivity contribution in [3.63, 3.8) is 0 Å². The van der Waals surface area contributed by atoms with Gasteiger partial charge in [0, 0.05) is 4.47 Å². The average Bonchev–Trinajstić information content (AvgIpc) is 2.62. The number of hydrogen-bond acceptors (Lipinski definition) is 4. The fraction of sp³-hybridized carbons (Fsp3) is 0.118. The van der Waals surface area contributed by atoms with E-state index >= 15 is 0 Å². The van der Waals surface area contributed by atoms with Crippen LogP contribution >= 0.6 is 15.9 Å². The Balaban J connectivity index is 2.11. The van der Waals surface area contributed by atoms with Gasteiger partial charge in [0.15, 0.2) is 11.6 Å². The Labute approximate surface area is 157 Å². The van der Waals surface area contributed by atoms with Gasteiger partial charge in [-0.25, -0.2) is 18.2 Å². The van der Waals surface area contributed by atoms with E-state index in [4.69, 9.17) is 10.00 Å². The number of hydrogen-bond donors (Lipinski definition) is 0. The molecule has 0 bridgehead atoms. The minimum atomic E-state index is -2.75. The number of nitrogens with zero attached hydrogens (tertiary/aromatic N) is 3. The van der Waals surface area contributed by atoms with Gasteiger partial charge < -0.3 is 4.74 Å². The molecule has 0 N–H and O–H groups in total. The molecular formula is C17H8BrF4N3O2. The first kappa shape index (κ1) is 18.8. The van der Waals surface area contributed by atoms with Gasteiger partial charge in [0.05, 0.1) is 23.8 Å². The van der Waals surface area contributed by atoms with Crippen LogP contribution in [0.4, 0.5) is 17.6 Å². The average molecular weight is 442 g/mol. The number of alkyl halides is 2. The number of nitriles is 1. The Morgan fingerprint density at radius 1 is 1.30 bits per heavy atom. The van der Waals surface area contributed by atoms with Gasteiger partial charge in [0.2, 0.25) is 5.82 Å². The van der Waals surface area contributed by atoms with Crippen molar-refractivity contribution < 1.29 is 22.3 Å². The second kappa shape index (κ2) is 7.36. The van der Waals surface area contributed by atoms with E-state index in [0.29, 0.717) is 0 Å². The van der Waals surface area contributed by atoms with Crippen molar-refractivity contribution in [3.05, 3.63) is 62.6 Å². The molecule has 138 valence electrons. The van der Waals surface area contributed by atoms with Gasteiger partial charge in [-0.1, -0.05) is 0 Å². The highest BCUT2D eigenvalue weighted by molar-refractivity contribution is 9.10. The minimum absolute atomic E-state index is 0.0133. The van der Waals surface area contributed by atoms with Crippen molar-refractivity contribution in [1.82, 2.24) is 9.55 Å². The molecule has 0 radical (unpaired) electrons. The number of aromatic nitrogens is 2. The lowest BCUT2D eigenvalue weighted by Gasteiger charge is -2.11. The zero-order valence-electron chi connectivity index (χ0n) is 13.2. The summed E-state index contributed by atoms with van der Waals surface area (Å²) in [5.41, 5.74) is -0.818. The molecule has 0 atom stereocenters. The van der Waals surface area contributed by atoms with Crippen LogP contribution in [0, 0.1) is 23.0 Å². The van der Waals surface area contributed by atoms with Crippen LogP contribution in [0.2, 0.25) is 0 Å². The van der Waals surface area contributed by atoms with Gasteiger partial charge in [-0.3, -0.25) is 9.36 Å². The Bertz CT molecular complexity index is 1140. The summed E-state index contributed by atoms with van der Waals surface area (Å²) in [6.07, 6.45) is -1.76. The third-order valence-electron chi connectivity index (χ3n) is 3.59. The first-order valence-electron chi connectivity index (χ1n) is 7.34. The Morgan fingerprint density at radius 3 is 2.70 bits per heavy atom. The van der Waals surface area contributed by atoms with Crippen molar-refractivity contribution in [3.8, 4) is 17.6 Å². The second-order valence-corrected chi connectivity index (χ2v) is 6.20. The van der Waals surface area contributed by atoms with Gasteiger partial charge in [-0.2, -0.15) is 9.65 Å². The van der Waals surface area contributed by atoms with E-state index in [1.807, 2.05) is 0 Å². The van der Waals surface area contributed by atoms with Crippen LogP contribution in [0.3, 0.4) is 0 Å². The van der Waals surface area contributed by atoms with Crippen LogP contribution in [0.5, 0.6) is 11.5 Å². The third-order valence-corrected chi connectivity index (χ3v) is 4.22.